The second-order valence-electron chi connectivity index (χ2n) is 5.73. The van der Waals surface area contributed by atoms with Crippen molar-refractivity contribution in [2.45, 2.75) is 19.9 Å². The van der Waals surface area contributed by atoms with Crippen LogP contribution in [0.1, 0.15) is 13.3 Å². The van der Waals surface area contributed by atoms with Crippen LogP contribution in [0.5, 0.6) is 0 Å². The van der Waals surface area contributed by atoms with Crippen molar-refractivity contribution in [3.63, 3.8) is 0 Å². The molecule has 23 heavy (non-hydrogen) atoms. The second-order valence-corrected chi connectivity index (χ2v) is 5.73. The quantitative estimate of drug-likeness (QED) is 0.814. The molecular weight excluding hydrogens is 294 g/mol. The first-order valence-electron chi connectivity index (χ1n) is 7.87. The Morgan fingerprint density at radius 1 is 1.22 bits per heavy atom. The molecule has 0 bridgehead atoms. The highest BCUT2D eigenvalue weighted by molar-refractivity contribution is 5.78. The number of anilines is 1. The largest absolute Gasteiger partial charge is 0.341 e. The van der Waals surface area contributed by atoms with Gasteiger partial charge in [-0.25, -0.2) is 15.0 Å². The Morgan fingerprint density at radius 2 is 2.04 bits per heavy atom. The van der Waals surface area contributed by atoms with Gasteiger partial charge in [-0.1, -0.05) is 6.92 Å². The van der Waals surface area contributed by atoms with E-state index in [4.69, 9.17) is 0 Å². The van der Waals surface area contributed by atoms with E-state index in [0.717, 1.165) is 32.0 Å². The van der Waals surface area contributed by atoms with Crippen molar-refractivity contribution in [2.24, 2.45) is 5.92 Å². The number of nitrogens with zero attached hydrogens (tertiary/aromatic N) is 7. The van der Waals surface area contributed by atoms with Gasteiger partial charge in [-0.2, -0.15) is 5.10 Å². The lowest BCUT2D eigenvalue weighted by Gasteiger charge is -2.24. The van der Waals surface area contributed by atoms with Crippen molar-refractivity contribution in [2.75, 3.05) is 31.1 Å². The maximum absolute atomic E-state index is 12.6. The summed E-state index contributed by atoms with van der Waals surface area (Å²) in [5, 5.41) is 4.06. The summed E-state index contributed by atoms with van der Waals surface area (Å²) in [6.45, 7) is 5.58. The zero-order valence-corrected chi connectivity index (χ0v) is 13.2. The van der Waals surface area contributed by atoms with Crippen LogP contribution in [0.25, 0.3) is 0 Å². The van der Waals surface area contributed by atoms with Crippen LogP contribution < -0.4 is 4.90 Å². The molecule has 0 N–H and O–H groups in total. The number of hydrogen-bond donors (Lipinski definition) is 0. The van der Waals surface area contributed by atoms with Crippen LogP contribution in [0.15, 0.2) is 31.1 Å². The molecule has 0 aromatic carbocycles. The van der Waals surface area contributed by atoms with Gasteiger partial charge in [0.2, 0.25) is 11.9 Å². The van der Waals surface area contributed by atoms with Crippen LogP contribution in [0, 0.1) is 5.92 Å². The fourth-order valence-electron chi connectivity index (χ4n) is 2.79. The summed E-state index contributed by atoms with van der Waals surface area (Å²) < 4.78 is 1.70. The van der Waals surface area contributed by atoms with Gasteiger partial charge >= 0.3 is 0 Å². The Morgan fingerprint density at radius 3 is 2.78 bits per heavy atom. The predicted octanol–water partition coefficient (Wildman–Crippen LogP) is 0.443. The molecule has 3 heterocycles. The van der Waals surface area contributed by atoms with Crippen LogP contribution >= 0.6 is 0 Å². The van der Waals surface area contributed by atoms with E-state index in [1.807, 2.05) is 17.9 Å². The number of aromatic nitrogens is 5. The second kappa shape index (κ2) is 7.17. The maximum atomic E-state index is 12.6. The lowest BCUT2D eigenvalue weighted by atomic mass is 10.1. The van der Waals surface area contributed by atoms with E-state index in [1.165, 1.54) is 6.33 Å². The number of rotatable bonds is 4. The van der Waals surface area contributed by atoms with E-state index in [-0.39, 0.29) is 11.8 Å². The molecular formula is C15H21N7O. The van der Waals surface area contributed by atoms with Crippen LogP contribution in [-0.4, -0.2) is 61.7 Å². The van der Waals surface area contributed by atoms with Crippen LogP contribution in [0.2, 0.25) is 0 Å². The van der Waals surface area contributed by atoms with Gasteiger partial charge in [0.15, 0.2) is 0 Å². The monoisotopic (exact) mass is 315 g/mol. The molecule has 0 radical (unpaired) electrons. The van der Waals surface area contributed by atoms with Crippen molar-refractivity contribution in [3.8, 4) is 0 Å². The number of carbonyl (C=O) groups excluding carboxylic acids is 1. The summed E-state index contributed by atoms with van der Waals surface area (Å²) in [5.41, 5.74) is 0. The number of carbonyl (C=O) groups is 1. The van der Waals surface area contributed by atoms with Gasteiger partial charge in [-0.3, -0.25) is 9.48 Å². The van der Waals surface area contributed by atoms with Gasteiger partial charge in [0.1, 0.15) is 12.7 Å². The van der Waals surface area contributed by atoms with Crippen molar-refractivity contribution < 1.29 is 4.79 Å². The van der Waals surface area contributed by atoms with E-state index in [1.54, 1.807) is 23.4 Å². The minimum atomic E-state index is -0.115. The molecule has 2 aromatic rings. The first-order valence-corrected chi connectivity index (χ1v) is 7.87. The summed E-state index contributed by atoms with van der Waals surface area (Å²) in [5.74, 6) is 0.782. The predicted molar refractivity (Wildman–Crippen MR) is 84.6 cm³/mol. The number of hydrogen-bond acceptors (Lipinski definition) is 6. The Bertz CT molecular complexity index is 616. The van der Waals surface area contributed by atoms with Gasteiger partial charge in [0.25, 0.3) is 0 Å². The molecule has 0 aliphatic carbocycles. The molecule has 1 saturated heterocycles. The molecule has 1 aliphatic heterocycles. The normalized spacial score (nSPS) is 16.9. The Hall–Kier alpha value is -2.51. The molecule has 3 rings (SSSR count). The molecule has 1 aliphatic rings. The van der Waals surface area contributed by atoms with Gasteiger partial charge in [0, 0.05) is 38.6 Å². The summed E-state index contributed by atoms with van der Waals surface area (Å²) in [7, 11) is 0. The molecule has 0 unspecified atom stereocenters. The molecule has 2 aromatic heterocycles. The van der Waals surface area contributed by atoms with Crippen molar-refractivity contribution in [1.82, 2.24) is 29.6 Å². The lowest BCUT2D eigenvalue weighted by Crippen LogP contribution is -2.39. The third-order valence-electron chi connectivity index (χ3n) is 3.99. The van der Waals surface area contributed by atoms with Crippen molar-refractivity contribution in [1.29, 1.82) is 0 Å². The fourth-order valence-corrected chi connectivity index (χ4v) is 2.79. The van der Waals surface area contributed by atoms with E-state index in [0.29, 0.717) is 13.1 Å². The van der Waals surface area contributed by atoms with Crippen LogP contribution in [0.4, 0.5) is 5.95 Å². The molecule has 0 saturated carbocycles. The third kappa shape index (κ3) is 3.82. The van der Waals surface area contributed by atoms with E-state index >= 15 is 0 Å². The zero-order chi connectivity index (χ0) is 16.1. The SMILES string of the molecule is C[C@H](Cn1cncn1)C(=O)N1CCCN(c2ncccn2)CC1. The van der Waals surface area contributed by atoms with Gasteiger partial charge in [0.05, 0.1) is 12.5 Å². The molecule has 1 fully saturated rings. The summed E-state index contributed by atoms with van der Waals surface area (Å²) >= 11 is 0. The zero-order valence-electron chi connectivity index (χ0n) is 13.2. The van der Waals surface area contributed by atoms with Crippen LogP contribution in [-0.2, 0) is 11.3 Å². The molecule has 1 amide bonds. The van der Waals surface area contributed by atoms with Crippen molar-refractivity contribution >= 4 is 11.9 Å². The molecule has 1 atom stereocenters. The Kier molecular flexibility index (Phi) is 4.80. The van der Waals surface area contributed by atoms with E-state index in [2.05, 4.69) is 25.0 Å². The highest BCUT2D eigenvalue weighted by atomic mass is 16.2. The highest BCUT2D eigenvalue weighted by Crippen LogP contribution is 2.13. The standard InChI is InChI=1S/C15H21N7O/c1-13(10-22-12-16-11-19-22)14(23)20-6-3-7-21(9-8-20)15-17-4-2-5-18-15/h2,4-5,11-13H,3,6-10H2,1H3/t13-/m1/s1. The van der Waals surface area contributed by atoms with Gasteiger partial charge < -0.3 is 9.80 Å². The topological polar surface area (TPSA) is 80.0 Å². The average molecular weight is 315 g/mol. The molecule has 8 nitrogen and oxygen atoms in total. The van der Waals surface area contributed by atoms with Crippen molar-refractivity contribution in [3.05, 3.63) is 31.1 Å². The third-order valence-corrected chi connectivity index (χ3v) is 3.99. The Labute approximate surface area is 135 Å². The minimum absolute atomic E-state index is 0.115. The average Bonchev–Trinajstić information content (AvgIpc) is 2.96. The maximum Gasteiger partial charge on any atom is 0.227 e. The number of amides is 1. The molecule has 0 spiro atoms. The summed E-state index contributed by atoms with van der Waals surface area (Å²) in [6, 6.07) is 1.81. The highest BCUT2D eigenvalue weighted by Gasteiger charge is 2.24. The summed E-state index contributed by atoms with van der Waals surface area (Å²) in [6.07, 6.45) is 7.54. The van der Waals surface area contributed by atoms with E-state index < -0.39 is 0 Å². The first-order chi connectivity index (χ1) is 11.2. The molecule has 122 valence electrons. The van der Waals surface area contributed by atoms with Gasteiger partial charge in [-0.15, -0.1) is 0 Å². The summed E-state index contributed by atoms with van der Waals surface area (Å²) in [4.78, 5) is 29.2. The van der Waals surface area contributed by atoms with Gasteiger partial charge in [-0.05, 0) is 12.5 Å². The minimum Gasteiger partial charge on any atom is -0.341 e. The fraction of sp³-hybridized carbons (Fsp3) is 0.533. The molecule has 8 heteroatoms. The smallest absolute Gasteiger partial charge is 0.227 e. The van der Waals surface area contributed by atoms with E-state index in [9.17, 15) is 4.79 Å². The Balaban J connectivity index is 1.58. The lowest BCUT2D eigenvalue weighted by molar-refractivity contribution is -0.135. The first kappa shape index (κ1) is 15.4. The van der Waals surface area contributed by atoms with Crippen LogP contribution in [0.3, 0.4) is 0 Å².